The number of carbonyl (C=O) groups excluding carboxylic acids is 3. The van der Waals surface area contributed by atoms with Crippen molar-refractivity contribution in [3.63, 3.8) is 0 Å². The number of benzene rings is 2. The molecule has 0 atom stereocenters. The zero-order valence-electron chi connectivity index (χ0n) is 17.9. The molecule has 0 bridgehead atoms. The minimum atomic E-state index is -0.498. The van der Waals surface area contributed by atoms with E-state index in [0.29, 0.717) is 27.1 Å². The van der Waals surface area contributed by atoms with Gasteiger partial charge in [0.1, 0.15) is 5.82 Å². The molecule has 3 amide bonds. The number of nitrogens with zero attached hydrogens (tertiary/aromatic N) is 2. The van der Waals surface area contributed by atoms with Crippen LogP contribution in [0.3, 0.4) is 0 Å². The molecular formula is C23H21Cl2N5O3. The fourth-order valence-corrected chi connectivity index (χ4v) is 3.18. The van der Waals surface area contributed by atoms with Crippen LogP contribution in [0.15, 0.2) is 60.8 Å². The van der Waals surface area contributed by atoms with Gasteiger partial charge in [-0.05, 0) is 61.6 Å². The maximum absolute atomic E-state index is 12.8. The average molecular weight is 486 g/mol. The van der Waals surface area contributed by atoms with Gasteiger partial charge in [-0.15, -0.1) is 0 Å². The van der Waals surface area contributed by atoms with Gasteiger partial charge in [-0.2, -0.15) is 0 Å². The summed E-state index contributed by atoms with van der Waals surface area (Å²) in [5.74, 6) is -0.731. The Hall–Kier alpha value is -3.46. The number of carbonyl (C=O) groups is 3. The molecule has 33 heavy (non-hydrogen) atoms. The lowest BCUT2D eigenvalue weighted by Crippen LogP contribution is -2.34. The first kappa shape index (κ1) is 24.2. The van der Waals surface area contributed by atoms with E-state index in [1.54, 1.807) is 62.6 Å². The van der Waals surface area contributed by atoms with E-state index in [1.165, 1.54) is 17.2 Å². The van der Waals surface area contributed by atoms with Crippen molar-refractivity contribution in [3.05, 3.63) is 82.0 Å². The summed E-state index contributed by atoms with van der Waals surface area (Å²) in [6.45, 7) is 0.200. The Morgan fingerprint density at radius 2 is 1.61 bits per heavy atom. The highest BCUT2D eigenvalue weighted by molar-refractivity contribution is 6.31. The maximum Gasteiger partial charge on any atom is 0.258 e. The van der Waals surface area contributed by atoms with Crippen LogP contribution in [0.5, 0.6) is 0 Å². The molecule has 0 unspecified atom stereocenters. The van der Waals surface area contributed by atoms with E-state index < -0.39 is 11.8 Å². The van der Waals surface area contributed by atoms with Crippen LogP contribution in [0.4, 0.5) is 17.2 Å². The first-order chi connectivity index (χ1) is 15.8. The predicted molar refractivity (Wildman–Crippen MR) is 130 cm³/mol. The van der Waals surface area contributed by atoms with Gasteiger partial charge in [-0.1, -0.05) is 23.2 Å². The number of halogens is 2. The molecule has 0 aliphatic heterocycles. The van der Waals surface area contributed by atoms with Gasteiger partial charge in [0.25, 0.3) is 11.8 Å². The van der Waals surface area contributed by atoms with Crippen molar-refractivity contribution in [2.75, 3.05) is 36.2 Å². The smallest absolute Gasteiger partial charge is 0.258 e. The van der Waals surface area contributed by atoms with Crippen molar-refractivity contribution in [2.24, 2.45) is 0 Å². The topological polar surface area (TPSA) is 103 Å². The van der Waals surface area contributed by atoms with Crippen molar-refractivity contribution >= 4 is 58.1 Å². The standard InChI is InChI=1S/C23H21Cl2N5O3/c1-26-13-21(31)30(2)17-7-3-14(4-8-17)22(32)28-19-9-5-15(24)11-18(19)23(33)29-20-10-6-16(25)12-27-20/h3-12,26H,13H2,1-2H3,(H,28,32)(H,27,29,33). The zero-order valence-corrected chi connectivity index (χ0v) is 19.4. The molecule has 0 aliphatic rings. The van der Waals surface area contributed by atoms with E-state index in [-0.39, 0.29) is 23.7 Å². The van der Waals surface area contributed by atoms with Gasteiger partial charge in [0.05, 0.1) is 22.8 Å². The second-order valence-electron chi connectivity index (χ2n) is 6.99. The number of pyridine rings is 1. The van der Waals surface area contributed by atoms with Crippen molar-refractivity contribution in [1.82, 2.24) is 10.3 Å². The number of likely N-dealkylation sites (N-methyl/N-ethyl adjacent to an activating group) is 2. The molecule has 0 spiro atoms. The number of anilines is 3. The minimum Gasteiger partial charge on any atom is -0.321 e. The lowest BCUT2D eigenvalue weighted by Gasteiger charge is -2.17. The van der Waals surface area contributed by atoms with E-state index in [2.05, 4.69) is 20.9 Å². The molecule has 1 heterocycles. The Kier molecular flexibility index (Phi) is 8.00. The zero-order chi connectivity index (χ0) is 24.0. The molecule has 8 nitrogen and oxygen atoms in total. The highest BCUT2D eigenvalue weighted by atomic mass is 35.5. The molecule has 0 radical (unpaired) electrons. The third kappa shape index (κ3) is 6.29. The van der Waals surface area contributed by atoms with Gasteiger partial charge < -0.3 is 20.9 Å². The van der Waals surface area contributed by atoms with Crippen LogP contribution >= 0.6 is 23.2 Å². The maximum atomic E-state index is 12.8. The molecule has 0 aliphatic carbocycles. The number of nitrogens with one attached hydrogen (secondary N) is 3. The Morgan fingerprint density at radius 1 is 0.909 bits per heavy atom. The normalized spacial score (nSPS) is 10.4. The summed E-state index contributed by atoms with van der Waals surface area (Å²) >= 11 is 11.9. The first-order valence-electron chi connectivity index (χ1n) is 9.83. The van der Waals surface area contributed by atoms with Crippen LogP contribution < -0.4 is 20.9 Å². The minimum absolute atomic E-state index is 0.110. The van der Waals surface area contributed by atoms with E-state index in [1.807, 2.05) is 0 Å². The van der Waals surface area contributed by atoms with Gasteiger partial charge in [0.2, 0.25) is 5.91 Å². The molecule has 3 N–H and O–H groups in total. The highest BCUT2D eigenvalue weighted by Crippen LogP contribution is 2.23. The van der Waals surface area contributed by atoms with E-state index >= 15 is 0 Å². The summed E-state index contributed by atoms with van der Waals surface area (Å²) < 4.78 is 0. The Bertz CT molecular complexity index is 1170. The Balaban J connectivity index is 1.76. The predicted octanol–water partition coefficient (Wildman–Crippen LogP) is 4.08. The highest BCUT2D eigenvalue weighted by Gasteiger charge is 2.17. The third-order valence-electron chi connectivity index (χ3n) is 4.66. The number of hydrogen-bond acceptors (Lipinski definition) is 5. The van der Waals surface area contributed by atoms with Crippen molar-refractivity contribution < 1.29 is 14.4 Å². The van der Waals surface area contributed by atoms with Crippen LogP contribution in [-0.4, -0.2) is 43.3 Å². The lowest BCUT2D eigenvalue weighted by molar-refractivity contribution is -0.117. The molecule has 3 aromatic rings. The van der Waals surface area contributed by atoms with E-state index in [0.717, 1.165) is 0 Å². The fraction of sp³-hybridized carbons (Fsp3) is 0.130. The molecule has 0 fully saturated rings. The first-order valence-corrected chi connectivity index (χ1v) is 10.6. The molecule has 10 heteroatoms. The summed E-state index contributed by atoms with van der Waals surface area (Å²) in [6, 6.07) is 14.3. The Morgan fingerprint density at radius 3 is 2.24 bits per heavy atom. The van der Waals surface area contributed by atoms with Crippen LogP contribution in [0.2, 0.25) is 10.0 Å². The molecule has 0 saturated carbocycles. The monoisotopic (exact) mass is 485 g/mol. The third-order valence-corrected chi connectivity index (χ3v) is 5.12. The van der Waals surface area contributed by atoms with Crippen molar-refractivity contribution in [1.29, 1.82) is 0 Å². The van der Waals surface area contributed by atoms with Gasteiger partial charge >= 0.3 is 0 Å². The summed E-state index contributed by atoms with van der Waals surface area (Å²) in [5, 5.41) is 8.95. The van der Waals surface area contributed by atoms with E-state index in [9.17, 15) is 14.4 Å². The van der Waals surface area contributed by atoms with Crippen LogP contribution in [0.25, 0.3) is 0 Å². The van der Waals surface area contributed by atoms with Crippen LogP contribution in [-0.2, 0) is 4.79 Å². The molecule has 2 aromatic carbocycles. The molecular weight excluding hydrogens is 465 g/mol. The second-order valence-corrected chi connectivity index (χ2v) is 7.86. The molecule has 0 saturated heterocycles. The summed E-state index contributed by atoms with van der Waals surface area (Å²) in [6.07, 6.45) is 1.41. The summed E-state index contributed by atoms with van der Waals surface area (Å²) in [4.78, 5) is 43.1. The van der Waals surface area contributed by atoms with Crippen molar-refractivity contribution in [2.45, 2.75) is 0 Å². The quantitative estimate of drug-likeness (QED) is 0.467. The number of hydrogen-bond donors (Lipinski definition) is 3. The van der Waals surface area contributed by atoms with E-state index in [4.69, 9.17) is 23.2 Å². The van der Waals surface area contributed by atoms with Gasteiger partial charge in [0.15, 0.2) is 0 Å². The van der Waals surface area contributed by atoms with Crippen LogP contribution in [0, 0.1) is 0 Å². The van der Waals surface area contributed by atoms with Gasteiger partial charge in [-0.25, -0.2) is 4.98 Å². The lowest BCUT2D eigenvalue weighted by atomic mass is 10.1. The second kappa shape index (κ2) is 10.9. The molecule has 3 rings (SSSR count). The van der Waals surface area contributed by atoms with Gasteiger partial charge in [0, 0.05) is 29.5 Å². The SMILES string of the molecule is CNCC(=O)N(C)c1ccc(C(=O)Nc2ccc(Cl)cc2C(=O)Nc2ccc(Cl)cn2)cc1. The summed E-state index contributed by atoms with van der Waals surface area (Å²) in [5.41, 5.74) is 1.45. The largest absolute Gasteiger partial charge is 0.321 e. The van der Waals surface area contributed by atoms with Gasteiger partial charge in [-0.3, -0.25) is 14.4 Å². The summed E-state index contributed by atoms with van der Waals surface area (Å²) in [7, 11) is 3.35. The molecule has 170 valence electrons. The van der Waals surface area contributed by atoms with Crippen LogP contribution in [0.1, 0.15) is 20.7 Å². The number of rotatable bonds is 7. The number of amides is 3. The molecule has 1 aromatic heterocycles. The number of aromatic nitrogens is 1. The van der Waals surface area contributed by atoms with Crippen molar-refractivity contribution in [3.8, 4) is 0 Å². The Labute approximate surface area is 200 Å². The fourth-order valence-electron chi connectivity index (χ4n) is 2.89. The average Bonchev–Trinajstić information content (AvgIpc) is 2.81.